The van der Waals surface area contributed by atoms with Gasteiger partial charge in [0.15, 0.2) is 5.78 Å². The first-order chi connectivity index (χ1) is 14.7. The molecule has 1 N–H and O–H groups in total. The SMILES string of the molecule is CCCOC(=O)C1C2=C(CC[C@@]34C(=O)CC[C@]3(C)CC=C24)C2(C)CCC(=O)C=C2[C@H]1O. The van der Waals surface area contributed by atoms with Crippen LogP contribution in [0.15, 0.2) is 34.4 Å². The maximum Gasteiger partial charge on any atom is 0.316 e. The second-order valence-electron chi connectivity index (χ2n) is 10.6. The summed E-state index contributed by atoms with van der Waals surface area (Å²) in [6.45, 7) is 6.54. The number of rotatable bonds is 3. The molecule has 1 fully saturated rings. The number of hydrogen-bond donors (Lipinski definition) is 1. The lowest BCUT2D eigenvalue weighted by Crippen LogP contribution is -2.51. The lowest BCUT2D eigenvalue weighted by molar-refractivity contribution is -0.151. The van der Waals surface area contributed by atoms with Gasteiger partial charge in [0.2, 0.25) is 0 Å². The highest BCUT2D eigenvalue weighted by molar-refractivity contribution is 5.96. The fourth-order valence-electron chi connectivity index (χ4n) is 7.40. The van der Waals surface area contributed by atoms with Crippen molar-refractivity contribution in [3.05, 3.63) is 34.4 Å². The Balaban J connectivity index is 1.73. The molecule has 5 atom stereocenters. The smallest absolute Gasteiger partial charge is 0.316 e. The van der Waals surface area contributed by atoms with Crippen LogP contribution in [0.2, 0.25) is 0 Å². The van der Waals surface area contributed by atoms with E-state index >= 15 is 0 Å². The van der Waals surface area contributed by atoms with Gasteiger partial charge in [0.25, 0.3) is 0 Å². The van der Waals surface area contributed by atoms with E-state index in [-0.39, 0.29) is 17.0 Å². The first-order valence-electron chi connectivity index (χ1n) is 11.8. The van der Waals surface area contributed by atoms with E-state index in [9.17, 15) is 19.5 Å². The second kappa shape index (κ2) is 6.74. The molecule has 0 saturated heterocycles. The predicted octanol–water partition coefficient (Wildman–Crippen LogP) is 4.00. The molecule has 166 valence electrons. The number of aliphatic hydroxyl groups is 1. The molecule has 2 unspecified atom stereocenters. The molecule has 1 saturated carbocycles. The molecule has 5 nitrogen and oxygen atoms in total. The third-order valence-corrected chi connectivity index (χ3v) is 9.13. The predicted molar refractivity (Wildman–Crippen MR) is 115 cm³/mol. The first kappa shape index (κ1) is 20.9. The summed E-state index contributed by atoms with van der Waals surface area (Å²) < 4.78 is 5.54. The van der Waals surface area contributed by atoms with Crippen molar-refractivity contribution in [2.24, 2.45) is 22.2 Å². The Morgan fingerprint density at radius 2 is 1.94 bits per heavy atom. The first-order valence-corrected chi connectivity index (χ1v) is 11.8. The maximum absolute atomic E-state index is 13.3. The van der Waals surface area contributed by atoms with E-state index in [2.05, 4.69) is 19.9 Å². The summed E-state index contributed by atoms with van der Waals surface area (Å²) >= 11 is 0. The number of ether oxygens (including phenoxy) is 1. The molecular weight excluding hydrogens is 392 g/mol. The van der Waals surface area contributed by atoms with E-state index < -0.39 is 28.8 Å². The van der Waals surface area contributed by atoms with Gasteiger partial charge in [0.05, 0.1) is 18.1 Å². The highest BCUT2D eigenvalue weighted by Crippen LogP contribution is 2.70. The van der Waals surface area contributed by atoms with Gasteiger partial charge >= 0.3 is 5.97 Å². The van der Waals surface area contributed by atoms with Crippen molar-refractivity contribution >= 4 is 17.5 Å². The van der Waals surface area contributed by atoms with Crippen LogP contribution in [0.3, 0.4) is 0 Å². The van der Waals surface area contributed by atoms with Gasteiger partial charge in [-0.1, -0.05) is 32.4 Å². The van der Waals surface area contributed by atoms with Gasteiger partial charge in [-0.15, -0.1) is 0 Å². The molecule has 5 rings (SSSR count). The molecule has 0 amide bonds. The van der Waals surface area contributed by atoms with Gasteiger partial charge in [0, 0.05) is 18.3 Å². The van der Waals surface area contributed by atoms with Gasteiger partial charge in [-0.2, -0.15) is 0 Å². The van der Waals surface area contributed by atoms with E-state index in [0.29, 0.717) is 37.9 Å². The fourth-order valence-corrected chi connectivity index (χ4v) is 7.40. The van der Waals surface area contributed by atoms with E-state index in [1.54, 1.807) is 6.08 Å². The van der Waals surface area contributed by atoms with Crippen LogP contribution >= 0.6 is 0 Å². The minimum absolute atomic E-state index is 0.00200. The van der Waals surface area contributed by atoms with Crippen molar-refractivity contribution in [3.63, 3.8) is 0 Å². The summed E-state index contributed by atoms with van der Waals surface area (Å²) in [5, 5.41) is 11.5. The van der Waals surface area contributed by atoms with Crippen LogP contribution in [-0.4, -0.2) is 35.4 Å². The van der Waals surface area contributed by atoms with Crippen LogP contribution in [0.1, 0.15) is 72.1 Å². The number of ketones is 2. The summed E-state index contributed by atoms with van der Waals surface area (Å²) in [5.74, 6) is -1.03. The molecule has 0 aromatic carbocycles. The Bertz CT molecular complexity index is 984. The Hall–Kier alpha value is -2.01. The fraction of sp³-hybridized carbons (Fsp3) is 0.654. The molecule has 1 spiro atoms. The van der Waals surface area contributed by atoms with E-state index in [4.69, 9.17) is 4.74 Å². The van der Waals surface area contributed by atoms with Gasteiger partial charge < -0.3 is 9.84 Å². The number of hydrogen-bond acceptors (Lipinski definition) is 5. The van der Waals surface area contributed by atoms with Crippen LogP contribution in [0.25, 0.3) is 0 Å². The molecular formula is C26H32O5. The van der Waals surface area contributed by atoms with Crippen molar-refractivity contribution in [2.75, 3.05) is 6.61 Å². The average Bonchev–Trinajstić information content (AvgIpc) is 3.18. The Labute approximate surface area is 183 Å². The quantitative estimate of drug-likeness (QED) is 0.693. The number of carbonyl (C=O) groups excluding carboxylic acids is 3. The van der Waals surface area contributed by atoms with Gasteiger partial charge in [0.1, 0.15) is 11.7 Å². The van der Waals surface area contributed by atoms with Crippen molar-refractivity contribution in [3.8, 4) is 0 Å². The molecule has 0 aromatic rings. The number of allylic oxidation sites excluding steroid dienone is 4. The molecule has 0 aromatic heterocycles. The van der Waals surface area contributed by atoms with Gasteiger partial charge in [-0.3, -0.25) is 14.4 Å². The average molecular weight is 425 g/mol. The molecule has 0 heterocycles. The molecule has 5 aliphatic rings. The number of fused-ring (bicyclic) bond motifs is 3. The number of Topliss-reactive ketones (excluding diaryl/α,β-unsaturated/α-hetero) is 1. The lowest BCUT2D eigenvalue weighted by Gasteiger charge is -2.53. The summed E-state index contributed by atoms with van der Waals surface area (Å²) in [4.78, 5) is 38.9. The minimum atomic E-state index is -1.10. The Morgan fingerprint density at radius 1 is 1.16 bits per heavy atom. The van der Waals surface area contributed by atoms with Crippen LogP contribution in [-0.2, 0) is 19.1 Å². The van der Waals surface area contributed by atoms with E-state index in [1.807, 2.05) is 6.92 Å². The molecule has 5 aliphatic carbocycles. The van der Waals surface area contributed by atoms with Crippen molar-refractivity contribution in [2.45, 2.75) is 78.2 Å². The molecule has 0 aliphatic heterocycles. The van der Waals surface area contributed by atoms with Crippen LogP contribution in [0.5, 0.6) is 0 Å². The van der Waals surface area contributed by atoms with Crippen LogP contribution in [0, 0.1) is 22.2 Å². The van der Waals surface area contributed by atoms with Crippen LogP contribution in [0.4, 0.5) is 0 Å². The summed E-state index contributed by atoms with van der Waals surface area (Å²) in [5.41, 5.74) is 2.51. The Morgan fingerprint density at radius 3 is 2.68 bits per heavy atom. The molecule has 0 bridgehead atoms. The summed E-state index contributed by atoms with van der Waals surface area (Å²) in [6.07, 6.45) is 8.18. The topological polar surface area (TPSA) is 80.7 Å². The zero-order valence-electron chi connectivity index (χ0n) is 18.8. The van der Waals surface area contributed by atoms with Crippen molar-refractivity contribution in [1.82, 2.24) is 0 Å². The highest BCUT2D eigenvalue weighted by Gasteiger charge is 2.66. The number of carbonyl (C=O) groups is 3. The van der Waals surface area contributed by atoms with E-state index in [0.717, 1.165) is 42.4 Å². The largest absolute Gasteiger partial charge is 0.465 e. The second-order valence-corrected chi connectivity index (χ2v) is 10.6. The standard InChI is InChI=1S/C26H32O5/c1-4-13-31-23(30)21-20-16(25(3)11-5-15(27)14-18(25)22(21)29)7-12-26-17(20)6-9-24(26,2)10-8-19(26)28/h6,14,21-22,29H,4-5,7-13H2,1-3H3/t21?,22-,24+,25?,26-/m1/s1. The minimum Gasteiger partial charge on any atom is -0.465 e. The number of esters is 1. The summed E-state index contributed by atoms with van der Waals surface area (Å²) in [6, 6.07) is 0. The lowest BCUT2D eigenvalue weighted by atomic mass is 9.50. The van der Waals surface area contributed by atoms with Crippen LogP contribution < -0.4 is 0 Å². The molecule has 31 heavy (non-hydrogen) atoms. The zero-order valence-corrected chi connectivity index (χ0v) is 18.8. The van der Waals surface area contributed by atoms with Gasteiger partial charge in [-0.05, 0) is 66.7 Å². The molecule has 0 radical (unpaired) electrons. The van der Waals surface area contributed by atoms with Gasteiger partial charge in [-0.25, -0.2) is 0 Å². The normalized spacial score (nSPS) is 41.2. The molecule has 5 heteroatoms. The maximum atomic E-state index is 13.3. The number of aliphatic hydroxyl groups excluding tert-OH is 1. The third-order valence-electron chi connectivity index (χ3n) is 9.13. The van der Waals surface area contributed by atoms with Crippen molar-refractivity contribution in [1.29, 1.82) is 0 Å². The summed E-state index contributed by atoms with van der Waals surface area (Å²) in [7, 11) is 0. The van der Waals surface area contributed by atoms with Crippen molar-refractivity contribution < 1.29 is 24.2 Å². The third kappa shape index (κ3) is 2.50. The monoisotopic (exact) mass is 424 g/mol. The van der Waals surface area contributed by atoms with E-state index in [1.165, 1.54) is 0 Å². The zero-order chi connectivity index (χ0) is 22.2. The Kier molecular flexibility index (Phi) is 4.54. The highest BCUT2D eigenvalue weighted by atomic mass is 16.5.